The highest BCUT2D eigenvalue weighted by Crippen LogP contribution is 2.32. The Balaban J connectivity index is 2.04. The zero-order valence-electron chi connectivity index (χ0n) is 14.3. The highest BCUT2D eigenvalue weighted by Gasteiger charge is 2.29. The van der Waals surface area contributed by atoms with Gasteiger partial charge in [-0.2, -0.15) is 0 Å². The first-order valence-corrected chi connectivity index (χ1v) is 9.25. The molecule has 0 radical (unpaired) electrons. The lowest BCUT2D eigenvalue weighted by atomic mass is 10.2. The fourth-order valence-electron chi connectivity index (χ4n) is 2.25. The van der Waals surface area contributed by atoms with Crippen LogP contribution in [-0.2, 0) is 19.6 Å². The second kappa shape index (κ2) is 7.49. The molecule has 0 spiro atoms. The van der Waals surface area contributed by atoms with Crippen LogP contribution in [0.5, 0.6) is 0 Å². The lowest BCUT2D eigenvalue weighted by molar-refractivity contribution is -0.125. The number of carbonyl (C=O) groups excluding carboxylic acids is 2. The van der Waals surface area contributed by atoms with Gasteiger partial charge in [0.1, 0.15) is 5.82 Å². The SMILES string of the molecule is C[C@H](NC(=O)COC(=O)c1cc(S(=O)(=O)N(C)C)ccc1F)C1CC1. The van der Waals surface area contributed by atoms with Gasteiger partial charge in [0.15, 0.2) is 6.61 Å². The standard InChI is InChI=1S/C16H21FN2O5S/c1-10(11-4-5-11)18-15(20)9-24-16(21)13-8-12(6-7-14(13)17)25(22,23)19(2)3/h6-8,10-11H,4-5,9H2,1-3H3,(H,18,20)/t10-/m0/s1. The summed E-state index contributed by atoms with van der Waals surface area (Å²) >= 11 is 0. The average molecular weight is 372 g/mol. The molecule has 0 aromatic heterocycles. The van der Waals surface area contributed by atoms with Crippen LogP contribution in [0, 0.1) is 11.7 Å². The number of benzene rings is 1. The largest absolute Gasteiger partial charge is 0.452 e. The van der Waals surface area contributed by atoms with E-state index in [2.05, 4.69) is 5.32 Å². The van der Waals surface area contributed by atoms with Gasteiger partial charge < -0.3 is 10.1 Å². The maximum absolute atomic E-state index is 13.8. The van der Waals surface area contributed by atoms with E-state index in [1.807, 2.05) is 6.92 Å². The fraction of sp³-hybridized carbons (Fsp3) is 0.500. The van der Waals surface area contributed by atoms with Gasteiger partial charge in [0.25, 0.3) is 5.91 Å². The molecule has 1 amide bonds. The fourth-order valence-corrected chi connectivity index (χ4v) is 3.18. The molecule has 0 heterocycles. The summed E-state index contributed by atoms with van der Waals surface area (Å²) < 4.78 is 43.7. The minimum Gasteiger partial charge on any atom is -0.452 e. The number of nitrogens with zero attached hydrogens (tertiary/aromatic N) is 1. The maximum atomic E-state index is 13.8. The Morgan fingerprint density at radius 1 is 1.36 bits per heavy atom. The molecule has 1 N–H and O–H groups in total. The van der Waals surface area contributed by atoms with Crippen molar-refractivity contribution in [2.75, 3.05) is 20.7 Å². The molecule has 1 saturated carbocycles. The summed E-state index contributed by atoms with van der Waals surface area (Å²) in [5, 5.41) is 2.70. The number of hydrogen-bond acceptors (Lipinski definition) is 5. The van der Waals surface area contributed by atoms with Crippen molar-refractivity contribution in [1.82, 2.24) is 9.62 Å². The summed E-state index contributed by atoms with van der Waals surface area (Å²) in [6.45, 7) is 1.31. The van der Waals surface area contributed by atoms with E-state index in [1.165, 1.54) is 14.1 Å². The molecule has 7 nitrogen and oxygen atoms in total. The highest BCUT2D eigenvalue weighted by molar-refractivity contribution is 7.89. The van der Waals surface area contributed by atoms with Crippen molar-refractivity contribution in [3.63, 3.8) is 0 Å². The van der Waals surface area contributed by atoms with Crippen molar-refractivity contribution >= 4 is 21.9 Å². The molecule has 1 aliphatic carbocycles. The second-order valence-electron chi connectivity index (χ2n) is 6.20. The number of nitrogens with one attached hydrogen (secondary N) is 1. The van der Waals surface area contributed by atoms with Gasteiger partial charge in [-0.05, 0) is 43.9 Å². The third kappa shape index (κ3) is 4.76. The summed E-state index contributed by atoms with van der Waals surface area (Å²) in [5.41, 5.74) is -0.536. The molecule has 9 heteroatoms. The predicted octanol–water partition coefficient (Wildman–Crippen LogP) is 1.15. The smallest absolute Gasteiger partial charge is 0.341 e. The topological polar surface area (TPSA) is 92.8 Å². The predicted molar refractivity (Wildman–Crippen MR) is 87.9 cm³/mol. The van der Waals surface area contributed by atoms with Crippen LogP contribution < -0.4 is 5.32 Å². The van der Waals surface area contributed by atoms with Gasteiger partial charge in [0.2, 0.25) is 10.0 Å². The van der Waals surface area contributed by atoms with E-state index in [4.69, 9.17) is 4.74 Å². The van der Waals surface area contributed by atoms with Crippen LogP contribution in [0.3, 0.4) is 0 Å². The number of amides is 1. The quantitative estimate of drug-likeness (QED) is 0.725. The summed E-state index contributed by atoms with van der Waals surface area (Å²) in [5.74, 6) is -2.05. The number of sulfonamides is 1. The molecule has 0 saturated heterocycles. The van der Waals surface area contributed by atoms with Crippen LogP contribution in [-0.4, -0.2) is 51.3 Å². The Labute approximate surface area is 146 Å². The average Bonchev–Trinajstić information content (AvgIpc) is 3.37. The van der Waals surface area contributed by atoms with Crippen LogP contribution in [0.4, 0.5) is 4.39 Å². The van der Waals surface area contributed by atoms with Crippen LogP contribution in [0.25, 0.3) is 0 Å². The number of carbonyl (C=O) groups is 2. The first-order valence-electron chi connectivity index (χ1n) is 7.81. The van der Waals surface area contributed by atoms with Crippen molar-refractivity contribution in [3.8, 4) is 0 Å². The van der Waals surface area contributed by atoms with Crippen LogP contribution in [0.2, 0.25) is 0 Å². The molecule has 1 aromatic carbocycles. The van der Waals surface area contributed by atoms with E-state index in [-0.39, 0.29) is 10.9 Å². The summed E-state index contributed by atoms with van der Waals surface area (Å²) in [4.78, 5) is 23.5. The van der Waals surface area contributed by atoms with Crippen molar-refractivity contribution < 1.29 is 27.1 Å². The Kier molecular flexibility index (Phi) is 5.79. The lowest BCUT2D eigenvalue weighted by Gasteiger charge is -2.14. The van der Waals surface area contributed by atoms with Gasteiger partial charge in [0, 0.05) is 20.1 Å². The highest BCUT2D eigenvalue weighted by atomic mass is 32.2. The maximum Gasteiger partial charge on any atom is 0.341 e. The number of halogens is 1. The Morgan fingerprint density at radius 3 is 2.56 bits per heavy atom. The van der Waals surface area contributed by atoms with Crippen molar-refractivity contribution in [2.24, 2.45) is 5.92 Å². The van der Waals surface area contributed by atoms with Crippen molar-refractivity contribution in [3.05, 3.63) is 29.6 Å². The molecule has 0 bridgehead atoms. The van der Waals surface area contributed by atoms with Crippen LogP contribution in [0.15, 0.2) is 23.1 Å². The summed E-state index contributed by atoms with van der Waals surface area (Å²) in [7, 11) is -1.18. The minimum atomic E-state index is -3.82. The summed E-state index contributed by atoms with van der Waals surface area (Å²) in [6, 6.07) is 2.84. The number of rotatable bonds is 7. The van der Waals surface area contributed by atoms with E-state index < -0.39 is 39.9 Å². The van der Waals surface area contributed by atoms with Gasteiger partial charge >= 0.3 is 5.97 Å². The molecule has 2 rings (SSSR count). The van der Waals surface area contributed by atoms with Crippen LogP contribution >= 0.6 is 0 Å². The first-order chi connectivity index (χ1) is 11.6. The van der Waals surface area contributed by atoms with Gasteiger partial charge in [0.05, 0.1) is 10.5 Å². The van der Waals surface area contributed by atoms with E-state index in [0.717, 1.165) is 35.3 Å². The van der Waals surface area contributed by atoms with E-state index in [0.29, 0.717) is 5.92 Å². The third-order valence-electron chi connectivity index (χ3n) is 3.99. The molecule has 1 aliphatic rings. The first kappa shape index (κ1) is 19.3. The number of ether oxygens (including phenoxy) is 1. The van der Waals surface area contributed by atoms with Gasteiger partial charge in [-0.25, -0.2) is 21.9 Å². The molecular weight excluding hydrogens is 351 g/mol. The molecule has 1 atom stereocenters. The van der Waals surface area contributed by atoms with Gasteiger partial charge in [-0.15, -0.1) is 0 Å². The van der Waals surface area contributed by atoms with Crippen LogP contribution in [0.1, 0.15) is 30.1 Å². The molecule has 0 unspecified atom stereocenters. The Morgan fingerprint density at radius 2 is 2.00 bits per heavy atom. The molecule has 25 heavy (non-hydrogen) atoms. The minimum absolute atomic E-state index is 0.00324. The molecule has 0 aliphatic heterocycles. The molecule has 1 aromatic rings. The van der Waals surface area contributed by atoms with Crippen molar-refractivity contribution in [2.45, 2.75) is 30.7 Å². The number of hydrogen-bond donors (Lipinski definition) is 1. The molecular formula is C16H21FN2O5S. The molecule has 1 fully saturated rings. The summed E-state index contributed by atoms with van der Waals surface area (Å²) in [6.07, 6.45) is 2.11. The normalized spacial score (nSPS) is 15.7. The van der Waals surface area contributed by atoms with E-state index in [1.54, 1.807) is 0 Å². The Bertz CT molecular complexity index is 775. The zero-order valence-corrected chi connectivity index (χ0v) is 15.1. The van der Waals surface area contributed by atoms with Crippen molar-refractivity contribution in [1.29, 1.82) is 0 Å². The molecule has 138 valence electrons. The van der Waals surface area contributed by atoms with Gasteiger partial charge in [-0.3, -0.25) is 4.79 Å². The third-order valence-corrected chi connectivity index (χ3v) is 5.80. The zero-order chi connectivity index (χ0) is 18.8. The second-order valence-corrected chi connectivity index (χ2v) is 8.35. The Hall–Kier alpha value is -2.00. The monoisotopic (exact) mass is 372 g/mol. The van der Waals surface area contributed by atoms with E-state index >= 15 is 0 Å². The number of esters is 1. The lowest BCUT2D eigenvalue weighted by Crippen LogP contribution is -2.37. The van der Waals surface area contributed by atoms with E-state index in [9.17, 15) is 22.4 Å². The van der Waals surface area contributed by atoms with Gasteiger partial charge in [-0.1, -0.05) is 0 Å².